The van der Waals surface area contributed by atoms with Crippen LogP contribution in [0.15, 0.2) is 68.6 Å². The highest BCUT2D eigenvalue weighted by atomic mass is 79.9. The van der Waals surface area contributed by atoms with Crippen LogP contribution >= 0.6 is 31.9 Å². The summed E-state index contributed by atoms with van der Waals surface area (Å²) in [6.45, 7) is 1.95. The third kappa shape index (κ3) is 7.33. The maximum absolute atomic E-state index is 12.4. The molecule has 0 radical (unpaired) electrons. The first kappa shape index (κ1) is 27.1. The number of anilines is 1. The second kappa shape index (κ2) is 12.6. The van der Waals surface area contributed by atoms with Crippen molar-refractivity contribution in [3.8, 4) is 17.2 Å². The Hall–Kier alpha value is -3.90. The van der Waals surface area contributed by atoms with Crippen molar-refractivity contribution >= 4 is 61.5 Å². The second-order valence-corrected chi connectivity index (χ2v) is 9.82. The molecule has 0 spiro atoms. The molecule has 1 aliphatic rings. The number of aryl methyl sites for hydroxylation is 1. The van der Waals surface area contributed by atoms with Gasteiger partial charge in [0.1, 0.15) is 5.75 Å². The number of hydrogen-bond donors (Lipinski definition) is 3. The number of nitrogens with zero attached hydrogens (tertiary/aromatic N) is 1. The van der Waals surface area contributed by atoms with Crippen molar-refractivity contribution in [2.24, 2.45) is 5.10 Å². The molecule has 10 nitrogen and oxygen atoms in total. The van der Waals surface area contributed by atoms with Crippen molar-refractivity contribution in [3.05, 3.63) is 80.2 Å². The first-order valence-corrected chi connectivity index (χ1v) is 12.8. The first-order valence-electron chi connectivity index (χ1n) is 11.3. The molecule has 3 aromatic rings. The molecule has 0 aliphatic carbocycles. The molecular formula is C26H22Br2N4O6. The van der Waals surface area contributed by atoms with Gasteiger partial charge in [-0.2, -0.15) is 5.10 Å². The van der Waals surface area contributed by atoms with E-state index in [4.69, 9.17) is 14.2 Å². The highest BCUT2D eigenvalue weighted by Crippen LogP contribution is 2.32. The van der Waals surface area contributed by atoms with Crippen molar-refractivity contribution in [2.75, 3.05) is 18.7 Å². The average Bonchev–Trinajstić information content (AvgIpc) is 3.37. The molecule has 4 rings (SSSR count). The van der Waals surface area contributed by atoms with Crippen molar-refractivity contribution in [1.82, 2.24) is 10.7 Å². The lowest BCUT2D eigenvalue weighted by Crippen LogP contribution is -2.37. The van der Waals surface area contributed by atoms with Crippen LogP contribution < -0.4 is 30.3 Å². The number of rotatable bonds is 8. The molecule has 3 aromatic carbocycles. The van der Waals surface area contributed by atoms with Crippen molar-refractivity contribution < 1.29 is 28.6 Å². The molecular weight excluding hydrogens is 624 g/mol. The molecule has 0 saturated heterocycles. The Kier molecular flexibility index (Phi) is 8.98. The van der Waals surface area contributed by atoms with Gasteiger partial charge in [0.05, 0.1) is 6.21 Å². The Morgan fingerprint density at radius 3 is 2.63 bits per heavy atom. The van der Waals surface area contributed by atoms with Crippen LogP contribution in [0.4, 0.5) is 5.69 Å². The topological polar surface area (TPSA) is 127 Å². The highest BCUT2D eigenvalue weighted by molar-refractivity contribution is 9.10. The van der Waals surface area contributed by atoms with Gasteiger partial charge in [-0.15, -0.1) is 0 Å². The molecule has 3 amide bonds. The Morgan fingerprint density at radius 1 is 1.00 bits per heavy atom. The Labute approximate surface area is 235 Å². The van der Waals surface area contributed by atoms with E-state index >= 15 is 0 Å². The Bertz CT molecular complexity index is 1410. The van der Waals surface area contributed by atoms with Gasteiger partial charge in [0, 0.05) is 26.7 Å². The zero-order valence-electron chi connectivity index (χ0n) is 20.0. The van der Waals surface area contributed by atoms with Crippen LogP contribution in [-0.4, -0.2) is 37.3 Å². The number of ether oxygens (including phenoxy) is 3. The monoisotopic (exact) mass is 644 g/mol. The van der Waals surface area contributed by atoms with E-state index in [1.165, 1.54) is 6.21 Å². The van der Waals surface area contributed by atoms with E-state index in [0.717, 1.165) is 20.1 Å². The SMILES string of the molecule is Cc1cc(NC(=O)COc2ccc(Br)cc2/C=N\NC(=O)C(=O)NCc2ccc3c(c2)OCO3)ccc1Br. The van der Waals surface area contributed by atoms with Gasteiger partial charge in [0.2, 0.25) is 6.79 Å². The van der Waals surface area contributed by atoms with Gasteiger partial charge >= 0.3 is 11.8 Å². The van der Waals surface area contributed by atoms with Crippen molar-refractivity contribution in [2.45, 2.75) is 13.5 Å². The van der Waals surface area contributed by atoms with Gasteiger partial charge in [0.15, 0.2) is 18.1 Å². The van der Waals surface area contributed by atoms with Crippen LogP contribution in [0, 0.1) is 6.92 Å². The normalized spacial score (nSPS) is 11.8. The lowest BCUT2D eigenvalue weighted by atomic mass is 10.2. The van der Waals surface area contributed by atoms with E-state index in [2.05, 4.69) is 53.0 Å². The third-order valence-electron chi connectivity index (χ3n) is 5.24. The lowest BCUT2D eigenvalue weighted by Gasteiger charge is -2.11. The van der Waals surface area contributed by atoms with E-state index in [1.54, 1.807) is 42.5 Å². The fraction of sp³-hybridized carbons (Fsp3) is 0.154. The molecule has 0 fully saturated rings. The van der Waals surface area contributed by atoms with Gasteiger partial charge in [-0.1, -0.05) is 37.9 Å². The number of nitrogens with one attached hydrogen (secondary N) is 3. The van der Waals surface area contributed by atoms with Crippen LogP contribution in [0.5, 0.6) is 17.2 Å². The van der Waals surface area contributed by atoms with Gasteiger partial charge in [-0.05, 0) is 66.6 Å². The first-order chi connectivity index (χ1) is 18.3. The van der Waals surface area contributed by atoms with E-state index in [-0.39, 0.29) is 25.9 Å². The van der Waals surface area contributed by atoms with Gasteiger partial charge < -0.3 is 24.8 Å². The minimum absolute atomic E-state index is 0.123. The Morgan fingerprint density at radius 2 is 1.82 bits per heavy atom. The number of amides is 3. The summed E-state index contributed by atoms with van der Waals surface area (Å²) in [5.41, 5.74) is 5.04. The quantitative estimate of drug-likeness (QED) is 0.193. The van der Waals surface area contributed by atoms with Crippen molar-refractivity contribution in [3.63, 3.8) is 0 Å². The van der Waals surface area contributed by atoms with Crippen LogP contribution in [0.25, 0.3) is 0 Å². The molecule has 196 valence electrons. The Balaban J connectivity index is 1.28. The summed E-state index contributed by atoms with van der Waals surface area (Å²) in [5, 5.41) is 9.14. The van der Waals surface area contributed by atoms with Crippen LogP contribution in [-0.2, 0) is 20.9 Å². The van der Waals surface area contributed by atoms with Gasteiger partial charge in [0.25, 0.3) is 5.91 Å². The zero-order valence-corrected chi connectivity index (χ0v) is 23.2. The van der Waals surface area contributed by atoms with Gasteiger partial charge in [-0.25, -0.2) is 5.43 Å². The van der Waals surface area contributed by atoms with Gasteiger partial charge in [-0.3, -0.25) is 14.4 Å². The highest BCUT2D eigenvalue weighted by Gasteiger charge is 2.16. The molecule has 1 aliphatic heterocycles. The number of carbonyl (C=O) groups is 3. The summed E-state index contributed by atoms with van der Waals surface area (Å²) in [6.07, 6.45) is 1.32. The molecule has 38 heavy (non-hydrogen) atoms. The summed E-state index contributed by atoms with van der Waals surface area (Å²) in [6, 6.07) is 15.8. The van der Waals surface area contributed by atoms with Crippen molar-refractivity contribution in [1.29, 1.82) is 0 Å². The molecule has 0 unspecified atom stereocenters. The lowest BCUT2D eigenvalue weighted by molar-refractivity contribution is -0.139. The molecule has 0 bridgehead atoms. The summed E-state index contributed by atoms with van der Waals surface area (Å²) >= 11 is 6.79. The number of hydrazone groups is 1. The zero-order chi connectivity index (χ0) is 27.1. The standard InChI is InChI=1S/C26H22Br2N4O6/c1-15-8-19(4-5-20(15)28)31-24(33)13-36-21-7-3-18(27)10-17(21)12-30-32-26(35)25(34)29-11-16-2-6-22-23(9-16)38-14-37-22/h2-10,12H,11,13-14H2,1H3,(H,29,34)(H,31,33)(H,32,35)/b30-12-. The number of halogens is 2. The molecule has 12 heteroatoms. The van der Waals surface area contributed by atoms with E-state index < -0.39 is 11.8 Å². The minimum Gasteiger partial charge on any atom is -0.483 e. The summed E-state index contributed by atoms with van der Waals surface area (Å²) in [4.78, 5) is 36.7. The average molecular weight is 646 g/mol. The van der Waals surface area contributed by atoms with E-state index in [9.17, 15) is 14.4 Å². The molecule has 3 N–H and O–H groups in total. The molecule has 0 aromatic heterocycles. The third-order valence-corrected chi connectivity index (χ3v) is 6.62. The second-order valence-electron chi connectivity index (χ2n) is 8.05. The smallest absolute Gasteiger partial charge is 0.329 e. The van der Waals surface area contributed by atoms with E-state index in [1.807, 2.05) is 19.1 Å². The predicted molar refractivity (Wildman–Crippen MR) is 147 cm³/mol. The largest absolute Gasteiger partial charge is 0.483 e. The number of benzene rings is 3. The summed E-state index contributed by atoms with van der Waals surface area (Å²) in [7, 11) is 0. The maximum Gasteiger partial charge on any atom is 0.329 e. The number of fused-ring (bicyclic) bond motifs is 1. The van der Waals surface area contributed by atoms with Crippen LogP contribution in [0.3, 0.4) is 0 Å². The summed E-state index contributed by atoms with van der Waals surface area (Å²) < 4.78 is 17.9. The fourth-order valence-corrected chi connectivity index (χ4v) is 3.96. The number of hydrogen-bond acceptors (Lipinski definition) is 7. The minimum atomic E-state index is -0.941. The predicted octanol–water partition coefficient (Wildman–Crippen LogP) is 4.03. The molecule has 1 heterocycles. The van der Waals surface area contributed by atoms with Crippen LogP contribution in [0.1, 0.15) is 16.7 Å². The van der Waals surface area contributed by atoms with Crippen LogP contribution in [0.2, 0.25) is 0 Å². The number of carbonyl (C=O) groups excluding carboxylic acids is 3. The van der Waals surface area contributed by atoms with E-state index in [0.29, 0.717) is 28.5 Å². The maximum atomic E-state index is 12.4. The summed E-state index contributed by atoms with van der Waals surface area (Å²) in [5.74, 6) is -0.568. The molecule has 0 saturated carbocycles. The molecule has 0 atom stereocenters. The fourth-order valence-electron chi connectivity index (χ4n) is 3.34.